The van der Waals surface area contributed by atoms with Crippen LogP contribution in [-0.2, 0) is 4.79 Å². The third kappa shape index (κ3) is 4.45. The van der Waals surface area contributed by atoms with E-state index in [1.165, 1.54) is 11.3 Å². The summed E-state index contributed by atoms with van der Waals surface area (Å²) in [5.74, 6) is -0.145. The van der Waals surface area contributed by atoms with Crippen molar-refractivity contribution in [3.8, 4) is 0 Å². The number of carbonyl (C=O) groups excluding carboxylic acids is 2. The molecule has 0 bridgehead atoms. The van der Waals surface area contributed by atoms with Gasteiger partial charge in [-0.2, -0.15) is 0 Å². The second-order valence-corrected chi connectivity index (χ2v) is 6.82. The van der Waals surface area contributed by atoms with Crippen LogP contribution in [0.1, 0.15) is 41.9 Å². The molecule has 3 heterocycles. The smallest absolute Gasteiger partial charge is 0.270 e. The minimum absolute atomic E-state index is 0.0228. The Hall–Kier alpha value is -2.74. The van der Waals surface area contributed by atoms with Crippen molar-refractivity contribution < 1.29 is 9.59 Å². The summed E-state index contributed by atoms with van der Waals surface area (Å²) in [7, 11) is 0. The molecular formula is C18H21N5O2S. The summed E-state index contributed by atoms with van der Waals surface area (Å²) in [6.07, 6.45) is 6.44. The number of anilines is 1. The van der Waals surface area contributed by atoms with Crippen LogP contribution in [0.4, 0.5) is 5.13 Å². The number of nitrogens with one attached hydrogen (secondary N) is 2. The molecule has 0 saturated carbocycles. The van der Waals surface area contributed by atoms with E-state index in [1.54, 1.807) is 10.6 Å². The van der Waals surface area contributed by atoms with Crippen molar-refractivity contribution in [2.45, 2.75) is 32.6 Å². The zero-order valence-electron chi connectivity index (χ0n) is 14.6. The quantitative estimate of drug-likeness (QED) is 0.596. The number of pyridine rings is 1. The van der Waals surface area contributed by atoms with Crippen LogP contribution < -0.4 is 10.6 Å². The molecule has 136 valence electrons. The highest BCUT2D eigenvalue weighted by Crippen LogP contribution is 2.12. The van der Waals surface area contributed by atoms with Crippen LogP contribution >= 0.6 is 11.3 Å². The molecule has 0 spiro atoms. The zero-order valence-corrected chi connectivity index (χ0v) is 15.4. The van der Waals surface area contributed by atoms with Gasteiger partial charge in [-0.25, -0.2) is 9.97 Å². The number of amides is 2. The fraction of sp³-hybridized carbons (Fsp3) is 0.333. The van der Waals surface area contributed by atoms with Crippen molar-refractivity contribution in [2.24, 2.45) is 0 Å². The van der Waals surface area contributed by atoms with E-state index < -0.39 is 0 Å². The monoisotopic (exact) mass is 371 g/mol. The standard InChI is InChI=1S/C18H21N5O2S/c1-13-16(23-11-6-4-7-14(23)21-13)17(25)19-9-5-2-3-8-15(24)22-18-20-10-12-26-18/h4,6-7,10-12H,2-3,5,8-9H2,1H3,(H,19,25)(H,20,22,24). The molecule has 0 aliphatic rings. The van der Waals surface area contributed by atoms with Crippen LogP contribution in [0.3, 0.4) is 0 Å². The van der Waals surface area contributed by atoms with Gasteiger partial charge in [0.2, 0.25) is 5.91 Å². The molecule has 0 saturated heterocycles. The van der Waals surface area contributed by atoms with Crippen LogP contribution in [0.5, 0.6) is 0 Å². The lowest BCUT2D eigenvalue weighted by molar-refractivity contribution is -0.116. The molecule has 3 aromatic rings. The van der Waals surface area contributed by atoms with E-state index in [2.05, 4.69) is 20.6 Å². The minimum Gasteiger partial charge on any atom is -0.351 e. The number of hydrogen-bond acceptors (Lipinski definition) is 5. The number of fused-ring (bicyclic) bond motifs is 1. The number of rotatable bonds is 8. The molecule has 3 aromatic heterocycles. The van der Waals surface area contributed by atoms with Crippen LogP contribution in [0, 0.1) is 6.92 Å². The van der Waals surface area contributed by atoms with E-state index >= 15 is 0 Å². The van der Waals surface area contributed by atoms with Crippen molar-refractivity contribution in [3.63, 3.8) is 0 Å². The molecule has 0 radical (unpaired) electrons. The van der Waals surface area contributed by atoms with Crippen LogP contribution in [0.25, 0.3) is 5.65 Å². The second-order valence-electron chi connectivity index (χ2n) is 5.93. The van der Waals surface area contributed by atoms with Gasteiger partial charge in [-0.1, -0.05) is 12.5 Å². The minimum atomic E-state index is -0.122. The van der Waals surface area contributed by atoms with Gasteiger partial charge >= 0.3 is 0 Å². The summed E-state index contributed by atoms with van der Waals surface area (Å²) in [6, 6.07) is 5.65. The van der Waals surface area contributed by atoms with Crippen molar-refractivity contribution in [1.29, 1.82) is 0 Å². The van der Waals surface area contributed by atoms with Crippen molar-refractivity contribution in [2.75, 3.05) is 11.9 Å². The number of imidazole rings is 1. The molecule has 0 aromatic carbocycles. The Labute approximate surface area is 155 Å². The molecule has 0 aliphatic carbocycles. The summed E-state index contributed by atoms with van der Waals surface area (Å²) < 4.78 is 1.80. The van der Waals surface area contributed by atoms with E-state index in [4.69, 9.17) is 0 Å². The fourth-order valence-electron chi connectivity index (χ4n) is 2.73. The lowest BCUT2D eigenvalue weighted by atomic mass is 10.2. The predicted octanol–water partition coefficient (Wildman–Crippen LogP) is 3.03. The molecular weight excluding hydrogens is 350 g/mol. The maximum atomic E-state index is 12.4. The number of hydrogen-bond donors (Lipinski definition) is 2. The number of carbonyl (C=O) groups is 2. The molecule has 0 aliphatic heterocycles. The first-order chi connectivity index (χ1) is 12.6. The third-order valence-corrected chi connectivity index (χ3v) is 4.65. The summed E-state index contributed by atoms with van der Waals surface area (Å²) in [5.41, 5.74) is 2.05. The van der Waals surface area contributed by atoms with Crippen molar-refractivity contribution >= 4 is 33.9 Å². The first-order valence-corrected chi connectivity index (χ1v) is 9.44. The number of thiazole rings is 1. The number of unbranched alkanes of at least 4 members (excludes halogenated alkanes) is 2. The van der Waals surface area contributed by atoms with E-state index in [1.807, 2.05) is 36.7 Å². The highest BCUT2D eigenvalue weighted by atomic mass is 32.1. The number of nitrogens with zero attached hydrogens (tertiary/aromatic N) is 3. The van der Waals surface area contributed by atoms with Gasteiger partial charge in [-0.15, -0.1) is 11.3 Å². The Balaban J connectivity index is 1.37. The maximum Gasteiger partial charge on any atom is 0.270 e. The highest BCUT2D eigenvalue weighted by Gasteiger charge is 2.15. The maximum absolute atomic E-state index is 12.4. The van der Waals surface area contributed by atoms with Crippen LogP contribution in [0.15, 0.2) is 36.0 Å². The van der Waals surface area contributed by atoms with E-state index in [-0.39, 0.29) is 11.8 Å². The lowest BCUT2D eigenvalue weighted by Crippen LogP contribution is -2.26. The van der Waals surface area contributed by atoms with Gasteiger partial charge in [-0.05, 0) is 31.9 Å². The van der Waals surface area contributed by atoms with E-state index in [9.17, 15) is 9.59 Å². The molecule has 2 N–H and O–H groups in total. The van der Waals surface area contributed by atoms with Gasteiger partial charge in [0.15, 0.2) is 5.13 Å². The Kier molecular flexibility index (Phi) is 5.96. The lowest BCUT2D eigenvalue weighted by Gasteiger charge is -2.06. The Morgan fingerprint density at radius 2 is 2.12 bits per heavy atom. The second kappa shape index (κ2) is 8.57. The summed E-state index contributed by atoms with van der Waals surface area (Å²) in [6.45, 7) is 2.41. The molecule has 0 unspecified atom stereocenters. The average Bonchev–Trinajstić information content (AvgIpc) is 3.24. The van der Waals surface area contributed by atoms with Crippen LogP contribution in [0.2, 0.25) is 0 Å². The first kappa shape index (κ1) is 18.1. The van der Waals surface area contributed by atoms with E-state index in [0.717, 1.165) is 24.9 Å². The highest BCUT2D eigenvalue weighted by molar-refractivity contribution is 7.13. The van der Waals surface area contributed by atoms with Gasteiger partial charge in [0.05, 0.1) is 5.69 Å². The average molecular weight is 371 g/mol. The summed E-state index contributed by atoms with van der Waals surface area (Å²) in [4.78, 5) is 32.6. The Bertz CT molecular complexity index is 888. The SMILES string of the molecule is Cc1nc2ccccn2c1C(=O)NCCCCCC(=O)Nc1nccs1. The molecule has 0 atom stereocenters. The van der Waals surface area contributed by atoms with Gasteiger partial charge in [0.1, 0.15) is 11.3 Å². The largest absolute Gasteiger partial charge is 0.351 e. The fourth-order valence-corrected chi connectivity index (χ4v) is 3.27. The molecule has 0 fully saturated rings. The van der Waals surface area contributed by atoms with Gasteiger partial charge in [0, 0.05) is 30.7 Å². The van der Waals surface area contributed by atoms with Gasteiger partial charge in [0.25, 0.3) is 5.91 Å². The van der Waals surface area contributed by atoms with Crippen LogP contribution in [-0.4, -0.2) is 32.7 Å². The zero-order chi connectivity index (χ0) is 18.4. The molecule has 26 heavy (non-hydrogen) atoms. The molecule has 8 heteroatoms. The third-order valence-electron chi connectivity index (χ3n) is 3.96. The summed E-state index contributed by atoms with van der Waals surface area (Å²) in [5, 5.41) is 8.15. The van der Waals surface area contributed by atoms with Crippen molar-refractivity contribution in [3.05, 3.63) is 47.4 Å². The van der Waals surface area contributed by atoms with Gasteiger partial charge in [-0.3, -0.25) is 14.0 Å². The normalized spacial score (nSPS) is 10.8. The predicted molar refractivity (Wildman–Crippen MR) is 101 cm³/mol. The van der Waals surface area contributed by atoms with Gasteiger partial charge < -0.3 is 10.6 Å². The molecule has 7 nitrogen and oxygen atoms in total. The topological polar surface area (TPSA) is 88.4 Å². The molecule has 2 amide bonds. The first-order valence-electron chi connectivity index (χ1n) is 8.56. The number of aromatic nitrogens is 3. The molecule has 3 rings (SSSR count). The Morgan fingerprint density at radius 1 is 1.23 bits per heavy atom. The van der Waals surface area contributed by atoms with E-state index in [0.29, 0.717) is 29.5 Å². The number of aryl methyl sites for hydroxylation is 1. The van der Waals surface area contributed by atoms with Crippen molar-refractivity contribution in [1.82, 2.24) is 19.7 Å². The Morgan fingerprint density at radius 3 is 2.92 bits per heavy atom. The summed E-state index contributed by atoms with van der Waals surface area (Å²) >= 11 is 1.40.